The van der Waals surface area contributed by atoms with Gasteiger partial charge in [-0.2, -0.15) is 5.10 Å². The minimum atomic E-state index is -1.78. The van der Waals surface area contributed by atoms with Crippen molar-refractivity contribution in [3.63, 3.8) is 0 Å². The second-order valence-corrected chi connectivity index (χ2v) is 9.78. The van der Waals surface area contributed by atoms with E-state index >= 15 is 0 Å². The molecule has 4 nitrogen and oxygen atoms in total. The Morgan fingerprint density at radius 3 is 1.77 bits per heavy atom. The first-order valence-electron chi connectivity index (χ1n) is 11.2. The molecule has 2 aromatic carbocycles. The van der Waals surface area contributed by atoms with Crippen LogP contribution in [-0.4, -0.2) is 16.7 Å². The van der Waals surface area contributed by atoms with Crippen LogP contribution in [0.1, 0.15) is 56.6 Å². The molecule has 156 valence electrons. The molecular formula is C26H30N2O2. The van der Waals surface area contributed by atoms with E-state index in [1.54, 1.807) is 24.3 Å². The highest BCUT2D eigenvalue weighted by Crippen LogP contribution is 2.60. The number of nitrogens with one attached hydrogen (secondary N) is 1. The van der Waals surface area contributed by atoms with Gasteiger partial charge in [-0.1, -0.05) is 60.7 Å². The lowest BCUT2D eigenvalue weighted by Gasteiger charge is -2.56. The smallest absolute Gasteiger partial charge is 0.281 e. The first-order chi connectivity index (χ1) is 14.5. The summed E-state index contributed by atoms with van der Waals surface area (Å²) in [5, 5.41) is 16.2. The summed E-state index contributed by atoms with van der Waals surface area (Å²) in [6, 6.07) is 18.2. The van der Waals surface area contributed by atoms with Crippen LogP contribution in [0.3, 0.4) is 0 Å². The Morgan fingerprint density at radius 1 is 0.900 bits per heavy atom. The van der Waals surface area contributed by atoms with Crippen molar-refractivity contribution in [2.24, 2.45) is 28.3 Å². The van der Waals surface area contributed by atoms with Gasteiger partial charge in [-0.05, 0) is 74.3 Å². The Hall–Kier alpha value is -2.46. The van der Waals surface area contributed by atoms with E-state index < -0.39 is 11.5 Å². The Labute approximate surface area is 178 Å². The molecule has 4 fully saturated rings. The van der Waals surface area contributed by atoms with Crippen LogP contribution in [0.4, 0.5) is 0 Å². The lowest BCUT2D eigenvalue weighted by molar-refractivity contribution is -0.136. The van der Waals surface area contributed by atoms with Crippen molar-refractivity contribution < 1.29 is 9.90 Å². The number of nitrogens with zero attached hydrogens (tertiary/aromatic N) is 1. The minimum Gasteiger partial charge on any atom is -0.372 e. The van der Waals surface area contributed by atoms with E-state index in [2.05, 4.69) is 17.5 Å². The summed E-state index contributed by atoms with van der Waals surface area (Å²) >= 11 is 0. The fourth-order valence-corrected chi connectivity index (χ4v) is 6.68. The molecule has 4 heteroatoms. The van der Waals surface area contributed by atoms with Gasteiger partial charge in [-0.15, -0.1) is 0 Å². The van der Waals surface area contributed by atoms with Crippen molar-refractivity contribution in [1.29, 1.82) is 0 Å². The summed E-state index contributed by atoms with van der Waals surface area (Å²) < 4.78 is 0. The molecule has 2 aromatic rings. The van der Waals surface area contributed by atoms with E-state index in [-0.39, 0.29) is 5.41 Å². The zero-order valence-corrected chi connectivity index (χ0v) is 17.6. The summed E-state index contributed by atoms with van der Waals surface area (Å²) in [6.45, 7) is 2.07. The summed E-state index contributed by atoms with van der Waals surface area (Å²) in [6.07, 6.45) is 7.73. The summed E-state index contributed by atoms with van der Waals surface area (Å²) in [7, 11) is 0. The number of carbonyl (C=O) groups is 1. The third kappa shape index (κ3) is 3.18. The fourth-order valence-electron chi connectivity index (χ4n) is 6.68. The molecule has 0 spiro atoms. The molecule has 4 aliphatic rings. The fraction of sp³-hybridized carbons (Fsp3) is 0.462. The molecule has 6 rings (SSSR count). The van der Waals surface area contributed by atoms with Gasteiger partial charge in [0.1, 0.15) is 0 Å². The third-order valence-electron chi connectivity index (χ3n) is 7.84. The normalized spacial score (nSPS) is 30.3. The molecule has 0 radical (unpaired) electrons. The topological polar surface area (TPSA) is 61.7 Å². The molecule has 0 aromatic heterocycles. The van der Waals surface area contributed by atoms with E-state index in [0.717, 1.165) is 23.5 Å². The van der Waals surface area contributed by atoms with Gasteiger partial charge in [0.25, 0.3) is 5.91 Å². The number of benzene rings is 2. The lowest BCUT2D eigenvalue weighted by atomic mass is 9.48. The van der Waals surface area contributed by atoms with Crippen LogP contribution in [0.15, 0.2) is 65.8 Å². The predicted molar refractivity (Wildman–Crippen MR) is 118 cm³/mol. The van der Waals surface area contributed by atoms with Crippen LogP contribution in [-0.2, 0) is 10.4 Å². The maximum atomic E-state index is 13.3. The number of hydrogen-bond acceptors (Lipinski definition) is 3. The van der Waals surface area contributed by atoms with Gasteiger partial charge < -0.3 is 5.11 Å². The third-order valence-corrected chi connectivity index (χ3v) is 7.84. The van der Waals surface area contributed by atoms with E-state index in [0.29, 0.717) is 11.1 Å². The van der Waals surface area contributed by atoms with E-state index in [1.165, 1.54) is 38.5 Å². The molecule has 0 atom stereocenters. The molecule has 0 unspecified atom stereocenters. The average Bonchev–Trinajstić information content (AvgIpc) is 2.77. The Kier molecular flexibility index (Phi) is 4.78. The molecule has 0 aliphatic heterocycles. The van der Waals surface area contributed by atoms with E-state index in [1.807, 2.05) is 36.4 Å². The van der Waals surface area contributed by atoms with Crippen molar-refractivity contribution in [3.05, 3.63) is 71.8 Å². The molecule has 30 heavy (non-hydrogen) atoms. The Morgan fingerprint density at radius 2 is 1.33 bits per heavy atom. The van der Waals surface area contributed by atoms with Crippen LogP contribution in [0.25, 0.3) is 0 Å². The monoisotopic (exact) mass is 402 g/mol. The molecule has 1 amide bonds. The molecule has 2 N–H and O–H groups in total. The van der Waals surface area contributed by atoms with Gasteiger partial charge in [0, 0.05) is 11.1 Å². The maximum Gasteiger partial charge on any atom is 0.281 e. The molecule has 4 aliphatic carbocycles. The Bertz CT molecular complexity index is 877. The van der Waals surface area contributed by atoms with Crippen LogP contribution in [0, 0.1) is 23.2 Å². The van der Waals surface area contributed by atoms with Gasteiger partial charge in [0.15, 0.2) is 5.60 Å². The predicted octanol–water partition coefficient (Wildman–Crippen LogP) is 4.63. The summed E-state index contributed by atoms with van der Waals surface area (Å²) in [5.41, 5.74) is 3.20. The molecule has 4 bridgehead atoms. The second kappa shape index (κ2) is 7.35. The van der Waals surface area contributed by atoms with Crippen LogP contribution in [0.2, 0.25) is 0 Å². The van der Waals surface area contributed by atoms with Gasteiger partial charge in [-0.25, -0.2) is 5.43 Å². The Balaban J connectivity index is 1.43. The first-order valence-corrected chi connectivity index (χ1v) is 11.2. The summed E-state index contributed by atoms with van der Waals surface area (Å²) in [4.78, 5) is 13.3. The van der Waals surface area contributed by atoms with E-state index in [4.69, 9.17) is 0 Å². The number of carbonyl (C=O) groups excluding carboxylic acids is 1. The number of hydrogen-bond donors (Lipinski definition) is 2. The zero-order valence-electron chi connectivity index (χ0n) is 17.6. The quantitative estimate of drug-likeness (QED) is 0.566. The maximum absolute atomic E-state index is 13.3. The minimum absolute atomic E-state index is 0.139. The summed E-state index contributed by atoms with van der Waals surface area (Å²) in [5.74, 6) is 1.96. The molecule has 0 saturated heterocycles. The van der Waals surface area contributed by atoms with Crippen LogP contribution in [0.5, 0.6) is 0 Å². The standard InChI is InChI=1S/C26H30N2O2/c1-18(25-15-19-12-20(16-25)14-21(13-19)17-25)27-28-24(29)26(30,22-8-4-2-5-9-22)23-10-6-3-7-11-23/h2-11,19-21,30H,12-17H2,1H3,(H,28,29). The molecule has 0 heterocycles. The highest BCUT2D eigenvalue weighted by Gasteiger charge is 2.52. The van der Waals surface area contributed by atoms with Gasteiger partial charge >= 0.3 is 0 Å². The van der Waals surface area contributed by atoms with Crippen molar-refractivity contribution in [2.75, 3.05) is 0 Å². The van der Waals surface area contributed by atoms with Crippen LogP contribution >= 0.6 is 0 Å². The SMILES string of the molecule is CC(=NNC(=O)C(O)(c1ccccc1)c1ccccc1)C12CC3CC(CC(C3)C1)C2. The average molecular weight is 403 g/mol. The van der Waals surface area contributed by atoms with E-state index in [9.17, 15) is 9.90 Å². The number of aliphatic hydroxyl groups is 1. The molecule has 4 saturated carbocycles. The lowest BCUT2D eigenvalue weighted by Crippen LogP contribution is -2.50. The first kappa shape index (κ1) is 19.5. The largest absolute Gasteiger partial charge is 0.372 e. The van der Waals surface area contributed by atoms with Crippen molar-refractivity contribution in [2.45, 2.75) is 51.0 Å². The highest BCUT2D eigenvalue weighted by atomic mass is 16.3. The van der Waals surface area contributed by atoms with Crippen molar-refractivity contribution in [1.82, 2.24) is 5.43 Å². The number of amides is 1. The van der Waals surface area contributed by atoms with Gasteiger partial charge in [0.05, 0.1) is 0 Å². The molecular weight excluding hydrogens is 372 g/mol. The number of rotatable bonds is 5. The number of hydrazone groups is 1. The van der Waals surface area contributed by atoms with Crippen molar-refractivity contribution >= 4 is 11.6 Å². The van der Waals surface area contributed by atoms with Crippen LogP contribution < -0.4 is 5.43 Å². The van der Waals surface area contributed by atoms with Crippen molar-refractivity contribution in [3.8, 4) is 0 Å². The van der Waals surface area contributed by atoms with Gasteiger partial charge in [-0.3, -0.25) is 4.79 Å². The zero-order chi connectivity index (χ0) is 20.8. The highest BCUT2D eigenvalue weighted by molar-refractivity contribution is 5.93. The second-order valence-electron chi connectivity index (χ2n) is 9.78. The van der Waals surface area contributed by atoms with Gasteiger partial charge in [0.2, 0.25) is 0 Å².